The van der Waals surface area contributed by atoms with E-state index in [1.54, 1.807) is 0 Å². The minimum absolute atomic E-state index is 0.0988. The molecule has 0 fully saturated rings. The molecule has 0 unspecified atom stereocenters. The van der Waals surface area contributed by atoms with E-state index in [0.29, 0.717) is 22.2 Å². The average Bonchev–Trinajstić information content (AvgIpc) is 2.26. The molecular formula is C9H10IN3O3. The van der Waals surface area contributed by atoms with Crippen LogP contribution >= 0.6 is 22.6 Å². The van der Waals surface area contributed by atoms with Gasteiger partial charge in [0, 0.05) is 28.8 Å². The second kappa shape index (κ2) is 5.75. The van der Waals surface area contributed by atoms with Gasteiger partial charge in [0.1, 0.15) is 0 Å². The molecule has 0 aliphatic carbocycles. The first-order valence-electron chi connectivity index (χ1n) is 4.48. The predicted molar refractivity (Wildman–Crippen MR) is 67.2 cm³/mol. The molecule has 0 aliphatic rings. The maximum Gasteiger partial charge on any atom is 0.270 e. The van der Waals surface area contributed by atoms with Gasteiger partial charge in [-0.2, -0.15) is 0 Å². The molecule has 16 heavy (non-hydrogen) atoms. The number of carbonyl (C=O) groups excluding carboxylic acids is 1. The van der Waals surface area contributed by atoms with Crippen LogP contribution in [0, 0.1) is 13.7 Å². The predicted octanol–water partition coefficient (Wildman–Crippen LogP) is 0.888. The highest BCUT2D eigenvalue weighted by molar-refractivity contribution is 14.1. The highest BCUT2D eigenvalue weighted by Crippen LogP contribution is 2.19. The van der Waals surface area contributed by atoms with E-state index in [4.69, 9.17) is 5.73 Å². The van der Waals surface area contributed by atoms with Crippen LogP contribution in [0.15, 0.2) is 18.2 Å². The Morgan fingerprint density at radius 2 is 2.25 bits per heavy atom. The summed E-state index contributed by atoms with van der Waals surface area (Å²) in [6, 6.07) is 4.16. The third kappa shape index (κ3) is 3.14. The molecule has 0 saturated heterocycles. The molecule has 7 heteroatoms. The van der Waals surface area contributed by atoms with Crippen molar-refractivity contribution in [3.8, 4) is 0 Å². The molecule has 1 aromatic rings. The zero-order chi connectivity index (χ0) is 12.1. The smallest absolute Gasteiger partial charge is 0.270 e. The Morgan fingerprint density at radius 3 is 2.81 bits per heavy atom. The molecular weight excluding hydrogens is 325 g/mol. The highest BCUT2D eigenvalue weighted by Gasteiger charge is 2.14. The Bertz CT molecular complexity index is 422. The van der Waals surface area contributed by atoms with E-state index < -0.39 is 4.92 Å². The van der Waals surface area contributed by atoms with E-state index >= 15 is 0 Å². The van der Waals surface area contributed by atoms with Crippen molar-refractivity contribution in [2.75, 3.05) is 13.1 Å². The minimum atomic E-state index is -0.532. The van der Waals surface area contributed by atoms with Crippen molar-refractivity contribution in [3.05, 3.63) is 37.4 Å². The van der Waals surface area contributed by atoms with Crippen LogP contribution in [0.4, 0.5) is 5.69 Å². The van der Waals surface area contributed by atoms with Gasteiger partial charge in [0.2, 0.25) is 0 Å². The molecule has 86 valence electrons. The number of non-ortho nitro benzene ring substituents is 1. The van der Waals surface area contributed by atoms with Gasteiger partial charge in [-0.25, -0.2) is 0 Å². The number of nitrogens with zero attached hydrogens (tertiary/aromatic N) is 1. The monoisotopic (exact) mass is 335 g/mol. The second-order valence-electron chi connectivity index (χ2n) is 2.97. The van der Waals surface area contributed by atoms with Gasteiger partial charge in [0.05, 0.1) is 10.5 Å². The van der Waals surface area contributed by atoms with E-state index in [2.05, 4.69) is 5.32 Å². The molecule has 1 aromatic carbocycles. The van der Waals surface area contributed by atoms with E-state index in [0.717, 1.165) is 0 Å². The lowest BCUT2D eigenvalue weighted by molar-refractivity contribution is -0.384. The van der Waals surface area contributed by atoms with Gasteiger partial charge in [0.15, 0.2) is 0 Å². The van der Waals surface area contributed by atoms with Crippen LogP contribution in [0.2, 0.25) is 0 Å². The highest BCUT2D eigenvalue weighted by atomic mass is 127. The Balaban J connectivity index is 2.97. The Morgan fingerprint density at radius 1 is 1.56 bits per heavy atom. The molecule has 1 amide bonds. The number of carbonyl (C=O) groups is 1. The standard InChI is InChI=1S/C9H10IN3O3/c10-8-2-1-6(13(15)16)5-7(8)9(14)12-4-3-11/h1-2,5H,3-4,11H2,(H,12,14). The van der Waals surface area contributed by atoms with Crippen LogP contribution in [-0.2, 0) is 0 Å². The molecule has 0 bridgehead atoms. The van der Waals surface area contributed by atoms with Crippen molar-refractivity contribution >= 4 is 34.2 Å². The molecule has 0 spiro atoms. The summed E-state index contributed by atoms with van der Waals surface area (Å²) >= 11 is 1.95. The van der Waals surface area contributed by atoms with Gasteiger partial charge in [-0.05, 0) is 28.7 Å². The normalized spacial score (nSPS) is 9.88. The van der Waals surface area contributed by atoms with E-state index in [9.17, 15) is 14.9 Å². The molecule has 0 aliphatic heterocycles. The number of halogens is 1. The average molecular weight is 335 g/mol. The first kappa shape index (κ1) is 12.8. The van der Waals surface area contributed by atoms with Crippen molar-refractivity contribution in [1.29, 1.82) is 0 Å². The molecule has 6 nitrogen and oxygen atoms in total. The largest absolute Gasteiger partial charge is 0.351 e. The molecule has 0 radical (unpaired) electrons. The zero-order valence-electron chi connectivity index (χ0n) is 8.27. The third-order valence-corrected chi connectivity index (χ3v) is 2.78. The molecule has 0 atom stereocenters. The molecule has 3 N–H and O–H groups in total. The number of nitrogens with one attached hydrogen (secondary N) is 1. The van der Waals surface area contributed by atoms with Crippen molar-refractivity contribution in [3.63, 3.8) is 0 Å². The summed E-state index contributed by atoms with van der Waals surface area (Å²) in [6.07, 6.45) is 0. The lowest BCUT2D eigenvalue weighted by Crippen LogP contribution is -2.29. The number of benzene rings is 1. The van der Waals surface area contributed by atoms with Crippen LogP contribution in [0.3, 0.4) is 0 Å². The zero-order valence-corrected chi connectivity index (χ0v) is 10.4. The van der Waals surface area contributed by atoms with Gasteiger partial charge in [-0.15, -0.1) is 0 Å². The number of nitro groups is 1. The fourth-order valence-electron chi connectivity index (χ4n) is 1.08. The molecule has 0 heterocycles. The van der Waals surface area contributed by atoms with Crippen LogP contribution in [-0.4, -0.2) is 23.9 Å². The van der Waals surface area contributed by atoms with Gasteiger partial charge >= 0.3 is 0 Å². The maximum absolute atomic E-state index is 11.6. The van der Waals surface area contributed by atoms with Gasteiger partial charge in [0.25, 0.3) is 11.6 Å². The maximum atomic E-state index is 11.6. The third-order valence-electron chi connectivity index (χ3n) is 1.84. The first-order chi connectivity index (χ1) is 7.56. The number of rotatable bonds is 4. The number of nitro benzene ring substituents is 1. The Kier molecular flexibility index (Phi) is 4.62. The Labute approximate surface area is 105 Å². The number of hydrogen-bond donors (Lipinski definition) is 2. The lowest BCUT2D eigenvalue weighted by atomic mass is 10.2. The molecule has 0 aromatic heterocycles. The fourth-order valence-corrected chi connectivity index (χ4v) is 1.66. The van der Waals surface area contributed by atoms with Crippen molar-refractivity contribution in [2.24, 2.45) is 5.73 Å². The molecule has 1 rings (SSSR count). The fraction of sp³-hybridized carbons (Fsp3) is 0.222. The van der Waals surface area contributed by atoms with Crippen LogP contribution in [0.25, 0.3) is 0 Å². The summed E-state index contributed by atoms with van der Waals surface area (Å²) in [5.41, 5.74) is 5.44. The van der Waals surface area contributed by atoms with Crippen LogP contribution in [0.1, 0.15) is 10.4 Å². The van der Waals surface area contributed by atoms with Crippen LogP contribution < -0.4 is 11.1 Å². The van der Waals surface area contributed by atoms with E-state index in [1.807, 2.05) is 22.6 Å². The van der Waals surface area contributed by atoms with E-state index in [1.165, 1.54) is 18.2 Å². The van der Waals surface area contributed by atoms with Crippen molar-refractivity contribution in [1.82, 2.24) is 5.32 Å². The van der Waals surface area contributed by atoms with Crippen molar-refractivity contribution < 1.29 is 9.72 Å². The topological polar surface area (TPSA) is 98.3 Å². The number of nitrogens with two attached hydrogens (primary N) is 1. The van der Waals surface area contributed by atoms with Crippen LogP contribution in [0.5, 0.6) is 0 Å². The molecule has 0 saturated carbocycles. The number of hydrogen-bond acceptors (Lipinski definition) is 4. The lowest BCUT2D eigenvalue weighted by Gasteiger charge is -2.05. The van der Waals surface area contributed by atoms with Gasteiger partial charge < -0.3 is 11.1 Å². The Hall–Kier alpha value is -1.22. The SMILES string of the molecule is NCCNC(=O)c1cc([N+](=O)[O-])ccc1I. The first-order valence-corrected chi connectivity index (χ1v) is 5.56. The quantitative estimate of drug-likeness (QED) is 0.485. The van der Waals surface area contributed by atoms with Gasteiger partial charge in [-0.1, -0.05) is 0 Å². The summed E-state index contributed by atoms with van der Waals surface area (Å²) in [6.45, 7) is 0.675. The summed E-state index contributed by atoms with van der Waals surface area (Å²) in [7, 11) is 0. The summed E-state index contributed by atoms with van der Waals surface area (Å²) < 4.78 is 0.665. The summed E-state index contributed by atoms with van der Waals surface area (Å²) in [4.78, 5) is 21.6. The number of amides is 1. The van der Waals surface area contributed by atoms with Crippen molar-refractivity contribution in [2.45, 2.75) is 0 Å². The summed E-state index contributed by atoms with van der Waals surface area (Å²) in [5, 5.41) is 13.1. The summed E-state index contributed by atoms with van der Waals surface area (Å²) in [5.74, 6) is -0.349. The van der Waals surface area contributed by atoms with E-state index in [-0.39, 0.29) is 11.6 Å². The van der Waals surface area contributed by atoms with Gasteiger partial charge in [-0.3, -0.25) is 14.9 Å². The minimum Gasteiger partial charge on any atom is -0.351 e. The second-order valence-corrected chi connectivity index (χ2v) is 4.13.